The van der Waals surface area contributed by atoms with E-state index in [1.54, 1.807) is 48.5 Å². The van der Waals surface area contributed by atoms with Gasteiger partial charge in [-0.3, -0.25) is 4.79 Å². The number of esters is 3. The Hall–Kier alpha value is -4.21. The highest BCUT2D eigenvalue weighted by Gasteiger charge is 2.24. The third kappa shape index (κ3) is 13.2. The first-order chi connectivity index (χ1) is 22.7. The van der Waals surface area contributed by atoms with E-state index in [2.05, 4.69) is 13.8 Å². The Morgan fingerprint density at radius 3 is 1.66 bits per heavy atom. The van der Waals surface area contributed by atoms with E-state index in [1.165, 1.54) is 0 Å². The number of benzene rings is 3. The van der Waals surface area contributed by atoms with Gasteiger partial charge in [0.15, 0.2) is 0 Å². The van der Waals surface area contributed by atoms with Crippen molar-refractivity contribution in [2.24, 2.45) is 17.8 Å². The summed E-state index contributed by atoms with van der Waals surface area (Å²) in [5, 5.41) is 0. The minimum Gasteiger partial charge on any atom is -0.491 e. The normalized spacial score (nSPS) is 11.7. The Morgan fingerprint density at radius 2 is 1.09 bits per heavy atom. The molecule has 9 nitrogen and oxygen atoms in total. The van der Waals surface area contributed by atoms with Crippen LogP contribution in [0.15, 0.2) is 72.8 Å². The van der Waals surface area contributed by atoms with Crippen molar-refractivity contribution in [2.45, 2.75) is 47.5 Å². The maximum atomic E-state index is 12.6. The van der Waals surface area contributed by atoms with Crippen molar-refractivity contribution in [2.75, 3.05) is 46.2 Å². The Kier molecular flexibility index (Phi) is 15.9. The van der Waals surface area contributed by atoms with Crippen molar-refractivity contribution in [3.63, 3.8) is 0 Å². The smallest absolute Gasteiger partial charge is 0.343 e. The van der Waals surface area contributed by atoms with E-state index in [9.17, 15) is 14.4 Å². The van der Waals surface area contributed by atoms with E-state index in [4.69, 9.17) is 28.4 Å². The molecular weight excluding hydrogens is 600 g/mol. The molecule has 254 valence electrons. The zero-order valence-electron chi connectivity index (χ0n) is 28.2. The number of carbonyl (C=O) groups is 3. The van der Waals surface area contributed by atoms with Gasteiger partial charge in [0.1, 0.15) is 24.7 Å². The van der Waals surface area contributed by atoms with Crippen molar-refractivity contribution in [1.82, 2.24) is 0 Å². The molecule has 0 fully saturated rings. The number of ether oxygens (including phenoxy) is 6. The summed E-state index contributed by atoms with van der Waals surface area (Å²) in [5.74, 6) is 0.648. The molecule has 0 aliphatic rings. The van der Waals surface area contributed by atoms with Gasteiger partial charge >= 0.3 is 17.9 Å². The second-order valence-electron chi connectivity index (χ2n) is 11.9. The van der Waals surface area contributed by atoms with Crippen molar-refractivity contribution >= 4 is 17.9 Å². The highest BCUT2D eigenvalue weighted by atomic mass is 16.6. The van der Waals surface area contributed by atoms with Crippen LogP contribution in [0.5, 0.6) is 11.5 Å². The van der Waals surface area contributed by atoms with Gasteiger partial charge in [0.25, 0.3) is 0 Å². The molecule has 0 saturated heterocycles. The Bertz CT molecular complexity index is 1360. The van der Waals surface area contributed by atoms with Gasteiger partial charge in [0.2, 0.25) is 0 Å². The van der Waals surface area contributed by atoms with Crippen LogP contribution in [0.2, 0.25) is 0 Å². The van der Waals surface area contributed by atoms with E-state index in [1.807, 2.05) is 45.0 Å². The summed E-state index contributed by atoms with van der Waals surface area (Å²) in [4.78, 5) is 37.0. The fourth-order valence-corrected chi connectivity index (χ4v) is 4.64. The summed E-state index contributed by atoms with van der Waals surface area (Å²) in [7, 11) is 0. The standard InChI is InChI=1S/C38H48O9/c1-6-19-45-36(39)31-9-7-29(8-10-31)30-11-17-34(18-12-30)47-37(40)32-13-15-33(16-14-32)44-24-22-42-20-21-43-23-25-46-38(41)35(28(4)5)26-27(2)3/h7-18,27-28,35H,6,19-26H2,1-5H3. The topological polar surface area (TPSA) is 107 Å². The summed E-state index contributed by atoms with van der Waals surface area (Å²) in [5.41, 5.74) is 2.75. The molecular formula is C38H48O9. The van der Waals surface area contributed by atoms with Crippen molar-refractivity contribution in [1.29, 1.82) is 0 Å². The number of hydrogen-bond donors (Lipinski definition) is 0. The zero-order valence-corrected chi connectivity index (χ0v) is 28.2. The Labute approximate surface area is 278 Å². The van der Waals surface area contributed by atoms with Gasteiger partial charge in [0.05, 0.1) is 50.1 Å². The summed E-state index contributed by atoms with van der Waals surface area (Å²) in [6.45, 7) is 12.7. The summed E-state index contributed by atoms with van der Waals surface area (Å²) < 4.78 is 32.8. The largest absolute Gasteiger partial charge is 0.491 e. The SMILES string of the molecule is CCCOC(=O)c1ccc(-c2ccc(OC(=O)c3ccc(OCCOCCOCCOC(=O)C(CC(C)C)C(C)C)cc3)cc2)cc1. The minimum atomic E-state index is -0.479. The van der Waals surface area contributed by atoms with Crippen LogP contribution in [0, 0.1) is 17.8 Å². The molecule has 0 spiro atoms. The molecule has 1 unspecified atom stereocenters. The predicted molar refractivity (Wildman–Crippen MR) is 180 cm³/mol. The molecule has 0 N–H and O–H groups in total. The molecule has 0 bridgehead atoms. The lowest BCUT2D eigenvalue weighted by atomic mass is 9.88. The maximum absolute atomic E-state index is 12.6. The molecule has 47 heavy (non-hydrogen) atoms. The number of carbonyl (C=O) groups excluding carboxylic acids is 3. The number of hydrogen-bond acceptors (Lipinski definition) is 9. The van der Waals surface area contributed by atoms with E-state index in [0.29, 0.717) is 68.2 Å². The average molecular weight is 649 g/mol. The summed E-state index contributed by atoms with van der Waals surface area (Å²) in [6, 6.07) is 21.0. The molecule has 0 aromatic heterocycles. The number of rotatable bonds is 20. The first-order valence-electron chi connectivity index (χ1n) is 16.3. The van der Waals surface area contributed by atoms with Gasteiger partial charge < -0.3 is 28.4 Å². The minimum absolute atomic E-state index is 0.0880. The monoisotopic (exact) mass is 648 g/mol. The van der Waals surface area contributed by atoms with Crippen LogP contribution in [0.4, 0.5) is 0 Å². The second-order valence-corrected chi connectivity index (χ2v) is 11.9. The van der Waals surface area contributed by atoms with Crippen molar-refractivity contribution in [3.05, 3.63) is 83.9 Å². The molecule has 0 aliphatic heterocycles. The maximum Gasteiger partial charge on any atom is 0.343 e. The van der Waals surface area contributed by atoms with Gasteiger partial charge in [0, 0.05) is 0 Å². The second kappa shape index (κ2) is 20.1. The summed E-state index contributed by atoms with van der Waals surface area (Å²) >= 11 is 0. The molecule has 0 saturated carbocycles. The van der Waals surface area contributed by atoms with Gasteiger partial charge in [-0.25, -0.2) is 9.59 Å². The molecule has 0 heterocycles. The lowest BCUT2D eigenvalue weighted by molar-refractivity contribution is -0.152. The van der Waals surface area contributed by atoms with Gasteiger partial charge in [-0.2, -0.15) is 0 Å². The van der Waals surface area contributed by atoms with E-state index >= 15 is 0 Å². The fourth-order valence-electron chi connectivity index (χ4n) is 4.64. The third-order valence-corrected chi connectivity index (χ3v) is 7.22. The van der Waals surface area contributed by atoms with Gasteiger partial charge in [-0.05, 0) is 84.3 Å². The molecule has 0 radical (unpaired) electrons. The quantitative estimate of drug-likeness (QED) is 0.0703. The first kappa shape index (κ1) is 37.2. The van der Waals surface area contributed by atoms with Gasteiger partial charge in [-0.1, -0.05) is 58.9 Å². The van der Waals surface area contributed by atoms with Gasteiger partial charge in [-0.15, -0.1) is 0 Å². The van der Waals surface area contributed by atoms with E-state index in [-0.39, 0.29) is 30.4 Å². The van der Waals surface area contributed by atoms with Crippen LogP contribution < -0.4 is 9.47 Å². The van der Waals surface area contributed by atoms with Crippen molar-refractivity contribution in [3.8, 4) is 22.6 Å². The molecule has 3 aromatic rings. The van der Waals surface area contributed by atoms with Crippen LogP contribution >= 0.6 is 0 Å². The lowest BCUT2D eigenvalue weighted by Crippen LogP contribution is -2.25. The fraction of sp³-hybridized carbons (Fsp3) is 0.447. The Balaban J connectivity index is 1.30. The molecule has 9 heteroatoms. The van der Waals surface area contributed by atoms with E-state index in [0.717, 1.165) is 24.0 Å². The Morgan fingerprint density at radius 1 is 0.574 bits per heavy atom. The van der Waals surface area contributed by atoms with Crippen LogP contribution in [-0.2, 0) is 23.7 Å². The highest BCUT2D eigenvalue weighted by Crippen LogP contribution is 2.24. The average Bonchev–Trinajstić information content (AvgIpc) is 3.07. The highest BCUT2D eigenvalue weighted by molar-refractivity contribution is 5.91. The zero-order chi connectivity index (χ0) is 34.0. The van der Waals surface area contributed by atoms with Crippen LogP contribution in [0.1, 0.15) is 68.2 Å². The lowest BCUT2D eigenvalue weighted by Gasteiger charge is -2.21. The molecule has 3 aromatic carbocycles. The van der Waals surface area contributed by atoms with E-state index < -0.39 is 5.97 Å². The predicted octanol–water partition coefficient (Wildman–Crippen LogP) is 7.41. The molecule has 3 rings (SSSR count). The van der Waals surface area contributed by atoms with Crippen LogP contribution in [0.3, 0.4) is 0 Å². The van der Waals surface area contributed by atoms with Crippen molar-refractivity contribution < 1.29 is 42.8 Å². The molecule has 0 aliphatic carbocycles. The third-order valence-electron chi connectivity index (χ3n) is 7.22. The molecule has 1 atom stereocenters. The summed E-state index contributed by atoms with van der Waals surface area (Å²) in [6.07, 6.45) is 1.59. The van der Waals surface area contributed by atoms with Crippen LogP contribution in [0.25, 0.3) is 11.1 Å². The first-order valence-corrected chi connectivity index (χ1v) is 16.3. The van der Waals surface area contributed by atoms with Crippen LogP contribution in [-0.4, -0.2) is 64.2 Å². The molecule has 0 amide bonds.